The first kappa shape index (κ1) is 14.6. The molecule has 18 heavy (non-hydrogen) atoms. The van der Waals surface area contributed by atoms with Crippen LogP contribution in [0, 0.1) is 5.82 Å². The molecular weight excluding hydrogens is 240 g/mol. The van der Waals surface area contributed by atoms with E-state index in [9.17, 15) is 13.6 Å². The molecule has 3 nitrogen and oxygen atoms in total. The smallest absolute Gasteiger partial charge is 0.317 e. The Balaban J connectivity index is 3.20. The average Bonchev–Trinajstić information content (AvgIpc) is 2.39. The van der Waals surface area contributed by atoms with Crippen molar-refractivity contribution in [1.82, 2.24) is 0 Å². The van der Waals surface area contributed by atoms with Crippen molar-refractivity contribution >= 4 is 5.97 Å². The Bertz CT molecular complexity index is 412. The molecule has 0 aliphatic heterocycles. The number of esters is 1. The molecule has 0 aliphatic carbocycles. The Morgan fingerprint density at radius 3 is 2.72 bits per heavy atom. The van der Waals surface area contributed by atoms with Gasteiger partial charge in [-0.3, -0.25) is 9.18 Å². The quantitative estimate of drug-likeness (QED) is 0.792. The summed E-state index contributed by atoms with van der Waals surface area (Å²) in [5.74, 6) is -1.03. The van der Waals surface area contributed by atoms with Gasteiger partial charge in [0.05, 0.1) is 13.8 Å². The lowest BCUT2D eigenvalue weighted by Crippen LogP contribution is -2.44. The van der Waals surface area contributed by atoms with Crippen LogP contribution in [0.1, 0.15) is 18.4 Å². The number of benzene rings is 1. The fourth-order valence-corrected chi connectivity index (χ4v) is 2.02. The molecular formula is C13H17F2NO2. The van der Waals surface area contributed by atoms with Crippen molar-refractivity contribution in [3.8, 4) is 0 Å². The molecule has 2 N–H and O–H groups in total. The maximum atomic E-state index is 13.3. The van der Waals surface area contributed by atoms with Gasteiger partial charge in [-0.15, -0.1) is 0 Å². The molecule has 1 unspecified atom stereocenters. The number of hydrogen-bond acceptors (Lipinski definition) is 3. The number of rotatable bonds is 6. The largest absolute Gasteiger partial charge is 0.468 e. The number of carbonyl (C=O) groups excluding carboxylic acids is 1. The Morgan fingerprint density at radius 2 is 2.22 bits per heavy atom. The first-order chi connectivity index (χ1) is 8.60. The number of methoxy groups -OCH3 is 1. The minimum absolute atomic E-state index is 0.0525. The highest BCUT2D eigenvalue weighted by Gasteiger charge is 2.39. The van der Waals surface area contributed by atoms with Crippen LogP contribution in [0.2, 0.25) is 0 Å². The predicted molar refractivity (Wildman–Crippen MR) is 64.4 cm³/mol. The molecule has 0 aromatic heterocycles. The van der Waals surface area contributed by atoms with Gasteiger partial charge in [0, 0.05) is 6.54 Å². The third-order valence-electron chi connectivity index (χ3n) is 3.04. The average molecular weight is 257 g/mol. The normalized spacial score (nSPS) is 14.0. The molecule has 0 bridgehead atoms. The molecule has 0 saturated carbocycles. The van der Waals surface area contributed by atoms with E-state index in [1.54, 1.807) is 6.07 Å². The van der Waals surface area contributed by atoms with E-state index in [0.717, 1.165) is 0 Å². The van der Waals surface area contributed by atoms with Crippen LogP contribution in [0.4, 0.5) is 8.78 Å². The Kier molecular flexibility index (Phi) is 5.22. The van der Waals surface area contributed by atoms with E-state index in [1.165, 1.54) is 25.3 Å². The third-order valence-corrected chi connectivity index (χ3v) is 3.04. The minimum Gasteiger partial charge on any atom is -0.468 e. The van der Waals surface area contributed by atoms with Gasteiger partial charge in [-0.2, -0.15) is 0 Å². The summed E-state index contributed by atoms with van der Waals surface area (Å²) in [4.78, 5) is 11.9. The molecule has 0 aliphatic rings. The highest BCUT2D eigenvalue weighted by Crippen LogP contribution is 2.30. The summed E-state index contributed by atoms with van der Waals surface area (Å²) in [6.45, 7) is -0.614. The second kappa shape index (κ2) is 6.44. The fraction of sp³-hybridized carbons (Fsp3) is 0.462. The van der Waals surface area contributed by atoms with Crippen LogP contribution in [0.3, 0.4) is 0 Å². The summed E-state index contributed by atoms with van der Waals surface area (Å²) in [5.41, 5.74) is 4.91. The van der Waals surface area contributed by atoms with E-state index in [1.807, 2.05) is 0 Å². The molecule has 5 heteroatoms. The van der Waals surface area contributed by atoms with Crippen LogP contribution >= 0.6 is 0 Å². The van der Waals surface area contributed by atoms with E-state index in [2.05, 4.69) is 0 Å². The van der Waals surface area contributed by atoms with Crippen molar-refractivity contribution in [3.63, 3.8) is 0 Å². The van der Waals surface area contributed by atoms with Gasteiger partial charge in [-0.1, -0.05) is 12.1 Å². The zero-order chi connectivity index (χ0) is 13.6. The Hall–Kier alpha value is -1.49. The van der Waals surface area contributed by atoms with Gasteiger partial charge in [0.15, 0.2) is 0 Å². The summed E-state index contributed by atoms with van der Waals surface area (Å²) >= 11 is 0. The third kappa shape index (κ3) is 2.85. The molecule has 0 fully saturated rings. The second-order valence-corrected chi connectivity index (χ2v) is 4.08. The second-order valence-electron chi connectivity index (χ2n) is 4.08. The van der Waals surface area contributed by atoms with Gasteiger partial charge in [-0.05, 0) is 30.5 Å². The van der Waals surface area contributed by atoms with Gasteiger partial charge >= 0.3 is 5.97 Å². The summed E-state index contributed by atoms with van der Waals surface area (Å²) in [5, 5.41) is 0. The van der Waals surface area contributed by atoms with Crippen molar-refractivity contribution < 1.29 is 18.3 Å². The maximum absolute atomic E-state index is 13.3. The number of carbonyl (C=O) groups is 1. The van der Waals surface area contributed by atoms with Crippen molar-refractivity contribution in [2.24, 2.45) is 5.73 Å². The monoisotopic (exact) mass is 257 g/mol. The zero-order valence-corrected chi connectivity index (χ0v) is 10.3. The molecule has 0 saturated heterocycles. The van der Waals surface area contributed by atoms with E-state index in [0.29, 0.717) is 5.56 Å². The molecule has 0 heterocycles. The van der Waals surface area contributed by atoms with Crippen LogP contribution in [0.25, 0.3) is 0 Å². The molecule has 1 aromatic carbocycles. The van der Waals surface area contributed by atoms with Gasteiger partial charge in [0.1, 0.15) is 11.2 Å². The number of hydrogen-bond donors (Lipinski definition) is 1. The first-order valence-electron chi connectivity index (χ1n) is 5.71. The molecule has 1 atom stereocenters. The topological polar surface area (TPSA) is 52.3 Å². The van der Waals surface area contributed by atoms with Gasteiger partial charge < -0.3 is 10.5 Å². The summed E-state index contributed by atoms with van der Waals surface area (Å²) in [6, 6.07) is 5.61. The van der Waals surface area contributed by atoms with Gasteiger partial charge in [-0.25, -0.2) is 4.39 Å². The van der Waals surface area contributed by atoms with Crippen LogP contribution in [0.15, 0.2) is 24.3 Å². The van der Waals surface area contributed by atoms with E-state index in [4.69, 9.17) is 10.5 Å². The molecule has 0 spiro atoms. The van der Waals surface area contributed by atoms with Crippen LogP contribution in [-0.4, -0.2) is 26.3 Å². The number of ether oxygens (including phenoxy) is 1. The molecule has 1 aromatic rings. The lowest BCUT2D eigenvalue weighted by Gasteiger charge is -2.29. The lowest BCUT2D eigenvalue weighted by molar-refractivity contribution is -0.147. The highest BCUT2D eigenvalue weighted by atomic mass is 19.1. The zero-order valence-electron chi connectivity index (χ0n) is 10.3. The Labute approximate surface area is 105 Å². The number of nitrogens with two attached hydrogens (primary N) is 1. The maximum Gasteiger partial charge on any atom is 0.317 e. The number of halogens is 2. The predicted octanol–water partition coefficient (Wildman–Crippen LogP) is 1.94. The van der Waals surface area contributed by atoms with Crippen molar-refractivity contribution in [3.05, 3.63) is 35.6 Å². The van der Waals surface area contributed by atoms with Gasteiger partial charge in [0.2, 0.25) is 0 Å². The van der Waals surface area contributed by atoms with Gasteiger partial charge in [0.25, 0.3) is 0 Å². The SMILES string of the molecule is COC(=O)C(CN)(CCCF)c1cccc(F)c1. The van der Waals surface area contributed by atoms with Crippen LogP contribution in [0.5, 0.6) is 0 Å². The fourth-order valence-electron chi connectivity index (χ4n) is 2.02. The lowest BCUT2D eigenvalue weighted by atomic mass is 9.76. The van der Waals surface area contributed by atoms with Crippen LogP contribution < -0.4 is 5.73 Å². The first-order valence-corrected chi connectivity index (χ1v) is 5.71. The molecule has 0 amide bonds. The molecule has 0 radical (unpaired) electrons. The van der Waals surface area contributed by atoms with E-state index < -0.39 is 23.9 Å². The number of alkyl halides is 1. The van der Waals surface area contributed by atoms with Crippen molar-refractivity contribution in [2.75, 3.05) is 20.3 Å². The minimum atomic E-state index is -1.18. The summed E-state index contributed by atoms with van der Waals surface area (Å²) in [7, 11) is 1.24. The van der Waals surface area contributed by atoms with Crippen molar-refractivity contribution in [2.45, 2.75) is 18.3 Å². The summed E-state index contributed by atoms with van der Waals surface area (Å²) in [6.07, 6.45) is 0.360. The summed E-state index contributed by atoms with van der Waals surface area (Å²) < 4.78 is 30.3. The highest BCUT2D eigenvalue weighted by molar-refractivity contribution is 5.83. The van der Waals surface area contributed by atoms with Crippen molar-refractivity contribution in [1.29, 1.82) is 0 Å². The standard InChI is InChI=1S/C13H17F2NO2/c1-18-12(17)13(9-16,6-3-7-14)10-4-2-5-11(15)8-10/h2,4-5,8H,3,6-7,9,16H2,1H3. The molecule has 100 valence electrons. The Morgan fingerprint density at radius 1 is 1.50 bits per heavy atom. The van der Waals surface area contributed by atoms with Crippen LogP contribution in [-0.2, 0) is 14.9 Å². The van der Waals surface area contributed by atoms with E-state index >= 15 is 0 Å². The van der Waals surface area contributed by atoms with E-state index in [-0.39, 0.29) is 19.4 Å². The molecule has 1 rings (SSSR count).